The van der Waals surface area contributed by atoms with Gasteiger partial charge in [-0.15, -0.1) is 0 Å². The summed E-state index contributed by atoms with van der Waals surface area (Å²) in [6.07, 6.45) is 4.09. The van der Waals surface area contributed by atoms with Crippen molar-refractivity contribution in [2.24, 2.45) is 5.92 Å². The van der Waals surface area contributed by atoms with Crippen LogP contribution in [0.25, 0.3) is 0 Å². The zero-order valence-electron chi connectivity index (χ0n) is 6.61. The highest BCUT2D eigenvalue weighted by atomic mass is 16.5. The molecule has 0 amide bonds. The fraction of sp³-hybridized carbons (Fsp3) is 1.00. The third kappa shape index (κ3) is 2.35. The van der Waals surface area contributed by atoms with Gasteiger partial charge in [-0.3, -0.25) is 0 Å². The maximum Gasteiger partial charge on any atom is 0.0625 e. The molecule has 1 saturated carbocycles. The number of methoxy groups -OCH3 is 1. The van der Waals surface area contributed by atoms with Crippen molar-refractivity contribution in [3.8, 4) is 0 Å². The molecule has 1 rings (SSSR count). The van der Waals surface area contributed by atoms with Gasteiger partial charge in [-0.2, -0.15) is 0 Å². The van der Waals surface area contributed by atoms with Crippen LogP contribution in [0.4, 0.5) is 0 Å². The molecule has 1 nitrogen and oxygen atoms in total. The first-order valence-corrected chi connectivity index (χ1v) is 3.69. The van der Waals surface area contributed by atoms with Crippen molar-refractivity contribution in [1.29, 1.82) is 0 Å². The van der Waals surface area contributed by atoms with Crippen LogP contribution in [0.2, 0.25) is 0 Å². The summed E-state index contributed by atoms with van der Waals surface area (Å²) in [5.41, 5.74) is 0.126. The normalized spacial score (nSPS) is 20.3. The van der Waals surface area contributed by atoms with E-state index >= 15 is 0 Å². The molecule has 0 N–H and O–H groups in total. The van der Waals surface area contributed by atoms with Crippen LogP contribution in [0.1, 0.15) is 33.1 Å². The Labute approximate surface area is 57.4 Å². The Morgan fingerprint density at radius 1 is 1.44 bits per heavy atom. The maximum absolute atomic E-state index is 5.29. The average Bonchev–Trinajstić information content (AvgIpc) is 2.50. The molecule has 0 atom stereocenters. The molecule has 1 aliphatic carbocycles. The predicted molar refractivity (Wildman–Crippen MR) is 38.4 cm³/mol. The number of rotatable bonds is 3. The van der Waals surface area contributed by atoms with Gasteiger partial charge >= 0.3 is 0 Å². The fourth-order valence-corrected chi connectivity index (χ4v) is 1.10. The molecule has 1 aliphatic rings. The average molecular weight is 128 g/mol. The van der Waals surface area contributed by atoms with Crippen molar-refractivity contribution in [3.63, 3.8) is 0 Å². The van der Waals surface area contributed by atoms with Gasteiger partial charge in [-0.1, -0.05) is 12.8 Å². The summed E-state index contributed by atoms with van der Waals surface area (Å²) in [7, 11) is 1.79. The van der Waals surface area contributed by atoms with Gasteiger partial charge in [0.05, 0.1) is 5.60 Å². The Kier molecular flexibility index (Phi) is 1.80. The van der Waals surface area contributed by atoms with Gasteiger partial charge in [0.1, 0.15) is 0 Å². The molecule has 0 aromatic heterocycles. The van der Waals surface area contributed by atoms with Crippen LogP contribution < -0.4 is 0 Å². The summed E-state index contributed by atoms with van der Waals surface area (Å²) in [4.78, 5) is 0. The molecule has 1 heteroatoms. The smallest absolute Gasteiger partial charge is 0.0625 e. The largest absolute Gasteiger partial charge is 0.379 e. The first-order chi connectivity index (χ1) is 4.14. The lowest BCUT2D eigenvalue weighted by Gasteiger charge is -2.22. The monoisotopic (exact) mass is 128 g/mol. The van der Waals surface area contributed by atoms with E-state index in [4.69, 9.17) is 4.74 Å². The van der Waals surface area contributed by atoms with E-state index in [0.29, 0.717) is 0 Å². The minimum absolute atomic E-state index is 0.126. The van der Waals surface area contributed by atoms with E-state index in [9.17, 15) is 0 Å². The zero-order chi connectivity index (χ0) is 6.91. The SMILES string of the molecule is COC(C)(C)CC1CC1. The lowest BCUT2D eigenvalue weighted by molar-refractivity contribution is 0.0109. The van der Waals surface area contributed by atoms with Crippen LogP contribution >= 0.6 is 0 Å². The minimum Gasteiger partial charge on any atom is -0.379 e. The Morgan fingerprint density at radius 2 is 2.00 bits per heavy atom. The highest BCUT2D eigenvalue weighted by molar-refractivity contribution is 4.81. The molecule has 54 valence electrons. The molecule has 0 unspecified atom stereocenters. The van der Waals surface area contributed by atoms with Crippen molar-refractivity contribution in [3.05, 3.63) is 0 Å². The molecule has 0 radical (unpaired) electrons. The van der Waals surface area contributed by atoms with Gasteiger partial charge in [0.2, 0.25) is 0 Å². The standard InChI is InChI=1S/C8H16O/c1-8(2,9-3)6-7-4-5-7/h7H,4-6H2,1-3H3. The van der Waals surface area contributed by atoms with E-state index < -0.39 is 0 Å². The molecular formula is C8H16O. The number of ether oxygens (including phenoxy) is 1. The Balaban J connectivity index is 2.21. The lowest BCUT2D eigenvalue weighted by atomic mass is 10.0. The highest BCUT2D eigenvalue weighted by Crippen LogP contribution is 2.37. The third-order valence-electron chi connectivity index (χ3n) is 2.03. The Hall–Kier alpha value is -0.0400. The van der Waals surface area contributed by atoms with Crippen LogP contribution in [0.5, 0.6) is 0 Å². The predicted octanol–water partition coefficient (Wildman–Crippen LogP) is 2.21. The van der Waals surface area contributed by atoms with Gasteiger partial charge in [-0.05, 0) is 26.2 Å². The molecule has 0 aromatic carbocycles. The van der Waals surface area contributed by atoms with Gasteiger partial charge < -0.3 is 4.74 Å². The van der Waals surface area contributed by atoms with Crippen LogP contribution in [0.3, 0.4) is 0 Å². The number of hydrogen-bond donors (Lipinski definition) is 0. The Bertz CT molecular complexity index is 92.7. The molecule has 0 heterocycles. The summed E-state index contributed by atoms with van der Waals surface area (Å²) in [5, 5.41) is 0. The van der Waals surface area contributed by atoms with Crippen molar-refractivity contribution in [2.75, 3.05) is 7.11 Å². The second-order valence-electron chi connectivity index (χ2n) is 3.61. The molecule has 0 aliphatic heterocycles. The summed E-state index contributed by atoms with van der Waals surface area (Å²) in [6.45, 7) is 4.32. The van der Waals surface area contributed by atoms with Crippen molar-refractivity contribution in [2.45, 2.75) is 38.7 Å². The zero-order valence-corrected chi connectivity index (χ0v) is 6.61. The highest BCUT2D eigenvalue weighted by Gasteiger charge is 2.29. The van der Waals surface area contributed by atoms with Crippen LogP contribution in [-0.4, -0.2) is 12.7 Å². The number of hydrogen-bond acceptors (Lipinski definition) is 1. The second-order valence-corrected chi connectivity index (χ2v) is 3.61. The summed E-state index contributed by atoms with van der Waals surface area (Å²) in [5.74, 6) is 0.972. The first kappa shape index (κ1) is 7.07. The third-order valence-corrected chi connectivity index (χ3v) is 2.03. The molecular weight excluding hydrogens is 112 g/mol. The lowest BCUT2D eigenvalue weighted by Crippen LogP contribution is -2.22. The minimum atomic E-state index is 0.126. The van der Waals surface area contributed by atoms with E-state index in [-0.39, 0.29) is 5.60 Å². The maximum atomic E-state index is 5.29. The van der Waals surface area contributed by atoms with Crippen molar-refractivity contribution in [1.82, 2.24) is 0 Å². The summed E-state index contributed by atoms with van der Waals surface area (Å²) >= 11 is 0. The first-order valence-electron chi connectivity index (χ1n) is 3.69. The second kappa shape index (κ2) is 2.30. The van der Waals surface area contributed by atoms with E-state index in [2.05, 4.69) is 13.8 Å². The van der Waals surface area contributed by atoms with E-state index in [0.717, 1.165) is 5.92 Å². The van der Waals surface area contributed by atoms with Gasteiger partial charge in [-0.25, -0.2) is 0 Å². The van der Waals surface area contributed by atoms with E-state index in [1.807, 2.05) is 0 Å². The van der Waals surface area contributed by atoms with Gasteiger partial charge in [0.25, 0.3) is 0 Å². The molecule has 0 bridgehead atoms. The molecule has 0 aromatic rings. The van der Waals surface area contributed by atoms with E-state index in [1.54, 1.807) is 7.11 Å². The summed E-state index contributed by atoms with van der Waals surface area (Å²) in [6, 6.07) is 0. The molecule has 0 saturated heterocycles. The van der Waals surface area contributed by atoms with Crippen molar-refractivity contribution >= 4 is 0 Å². The van der Waals surface area contributed by atoms with Crippen LogP contribution in [0, 0.1) is 5.92 Å². The molecule has 1 fully saturated rings. The van der Waals surface area contributed by atoms with Gasteiger partial charge in [0.15, 0.2) is 0 Å². The fourth-order valence-electron chi connectivity index (χ4n) is 1.10. The van der Waals surface area contributed by atoms with Gasteiger partial charge in [0, 0.05) is 7.11 Å². The van der Waals surface area contributed by atoms with Crippen LogP contribution in [-0.2, 0) is 4.74 Å². The molecule has 9 heavy (non-hydrogen) atoms. The molecule has 0 spiro atoms. The van der Waals surface area contributed by atoms with Crippen LogP contribution in [0.15, 0.2) is 0 Å². The van der Waals surface area contributed by atoms with Crippen molar-refractivity contribution < 1.29 is 4.74 Å². The Morgan fingerprint density at radius 3 is 2.33 bits per heavy atom. The quantitative estimate of drug-likeness (QED) is 0.566. The summed E-state index contributed by atoms with van der Waals surface area (Å²) < 4.78 is 5.29. The van der Waals surface area contributed by atoms with E-state index in [1.165, 1.54) is 19.3 Å². The topological polar surface area (TPSA) is 9.23 Å².